The molecular weight excluding hydrogens is 569 g/mol. The smallest absolute Gasteiger partial charge is 0.455 e. The first kappa shape index (κ1) is 28.4. The van der Waals surface area contributed by atoms with E-state index < -0.39 is 18.3 Å². The molecule has 1 saturated heterocycles. The summed E-state index contributed by atoms with van der Waals surface area (Å²) >= 11 is 0. The number of furan rings is 1. The zero-order valence-corrected chi connectivity index (χ0v) is 26.2. The molecule has 0 atom stereocenters. The van der Waals surface area contributed by atoms with Crippen LogP contribution in [0.1, 0.15) is 27.7 Å². The summed E-state index contributed by atoms with van der Waals surface area (Å²) < 4.78 is 19.5. The third-order valence-electron chi connectivity index (χ3n) is 9.18. The highest BCUT2D eigenvalue weighted by atomic mass is 16.7. The molecule has 5 aromatic carbocycles. The van der Waals surface area contributed by atoms with Crippen molar-refractivity contribution in [1.29, 1.82) is 0 Å². The van der Waals surface area contributed by atoms with Crippen LogP contribution in [0.5, 0.6) is 0 Å². The number of nitrogens with zero attached hydrogens (tertiary/aromatic N) is 3. The highest BCUT2D eigenvalue weighted by Crippen LogP contribution is 2.39. The van der Waals surface area contributed by atoms with Crippen LogP contribution in [0.15, 0.2) is 126 Å². The molecule has 0 spiro atoms. The molecular formula is C39H32BN3O3. The largest absolute Gasteiger partial charge is 0.494 e. The lowest BCUT2D eigenvalue weighted by Gasteiger charge is -2.32. The van der Waals surface area contributed by atoms with Crippen LogP contribution < -0.4 is 5.46 Å². The van der Waals surface area contributed by atoms with Gasteiger partial charge >= 0.3 is 7.12 Å². The molecule has 0 saturated carbocycles. The summed E-state index contributed by atoms with van der Waals surface area (Å²) in [5.74, 6) is 1.67. The Kier molecular flexibility index (Phi) is 6.64. The Bertz CT molecular complexity index is 2200. The maximum atomic E-state index is 6.51. The zero-order valence-electron chi connectivity index (χ0n) is 26.2. The second-order valence-electron chi connectivity index (χ2n) is 12.7. The molecule has 2 aromatic heterocycles. The van der Waals surface area contributed by atoms with Crippen LogP contribution in [0, 0.1) is 0 Å². The molecule has 7 heteroatoms. The molecule has 0 radical (unpaired) electrons. The van der Waals surface area contributed by atoms with E-state index in [1.165, 1.54) is 0 Å². The molecule has 0 unspecified atom stereocenters. The first-order valence-corrected chi connectivity index (χ1v) is 15.5. The van der Waals surface area contributed by atoms with Gasteiger partial charge in [-0.25, -0.2) is 15.0 Å². The Morgan fingerprint density at radius 1 is 0.500 bits per heavy atom. The normalized spacial score (nSPS) is 15.5. The minimum Gasteiger partial charge on any atom is -0.455 e. The third-order valence-corrected chi connectivity index (χ3v) is 9.18. The number of rotatable bonds is 5. The molecule has 0 bridgehead atoms. The first-order chi connectivity index (χ1) is 22.3. The van der Waals surface area contributed by atoms with Crippen LogP contribution in [0.2, 0.25) is 0 Å². The molecule has 8 rings (SSSR count). The fourth-order valence-corrected chi connectivity index (χ4v) is 5.91. The monoisotopic (exact) mass is 601 g/mol. The molecule has 0 aliphatic carbocycles. The number of hydrogen-bond donors (Lipinski definition) is 0. The summed E-state index contributed by atoms with van der Waals surface area (Å²) in [6, 6.07) is 40.9. The van der Waals surface area contributed by atoms with Gasteiger partial charge in [-0.15, -0.1) is 0 Å². The molecule has 6 nitrogen and oxygen atoms in total. The van der Waals surface area contributed by atoms with Crippen LogP contribution in [0.3, 0.4) is 0 Å². The van der Waals surface area contributed by atoms with Crippen LogP contribution >= 0.6 is 0 Å². The van der Waals surface area contributed by atoms with Gasteiger partial charge in [0.1, 0.15) is 11.2 Å². The van der Waals surface area contributed by atoms with Crippen molar-refractivity contribution in [2.45, 2.75) is 38.9 Å². The van der Waals surface area contributed by atoms with Gasteiger partial charge in [0.25, 0.3) is 0 Å². The predicted octanol–water partition coefficient (Wildman–Crippen LogP) is 8.74. The number of benzene rings is 5. The Balaban J connectivity index is 1.33. The summed E-state index contributed by atoms with van der Waals surface area (Å²) in [4.78, 5) is 15.1. The van der Waals surface area contributed by atoms with Crippen molar-refractivity contribution in [3.05, 3.63) is 121 Å². The van der Waals surface area contributed by atoms with Gasteiger partial charge in [0.2, 0.25) is 0 Å². The average molecular weight is 602 g/mol. The van der Waals surface area contributed by atoms with Gasteiger partial charge in [0.05, 0.1) is 16.8 Å². The summed E-state index contributed by atoms with van der Waals surface area (Å²) in [7, 11) is -0.567. The first-order valence-electron chi connectivity index (χ1n) is 15.5. The van der Waals surface area contributed by atoms with Crippen molar-refractivity contribution in [3.8, 4) is 45.3 Å². The molecule has 1 aliphatic rings. The Morgan fingerprint density at radius 2 is 1.00 bits per heavy atom. The standard InChI is InChI=1S/C39H32BN3O3/c1-38(2)39(3,4)46-40(45-38)29-23-31-30-17-11-12-18-33(30)44-34(31)32(24-29)37-42-35(27-15-9-6-10-16-27)41-36(43-37)28-21-19-26(20-22-28)25-13-7-5-8-14-25/h5-24H,1-4H3. The van der Waals surface area contributed by atoms with Gasteiger partial charge in [-0.1, -0.05) is 109 Å². The van der Waals surface area contributed by atoms with E-state index in [1.54, 1.807) is 0 Å². The highest BCUT2D eigenvalue weighted by Gasteiger charge is 2.52. The minimum atomic E-state index is -0.567. The van der Waals surface area contributed by atoms with E-state index in [-0.39, 0.29) is 0 Å². The lowest BCUT2D eigenvalue weighted by atomic mass is 9.77. The number of hydrogen-bond acceptors (Lipinski definition) is 6. The molecule has 0 N–H and O–H groups in total. The predicted molar refractivity (Wildman–Crippen MR) is 185 cm³/mol. The van der Waals surface area contributed by atoms with E-state index in [2.05, 4.69) is 76.2 Å². The van der Waals surface area contributed by atoms with E-state index in [0.717, 1.165) is 49.6 Å². The van der Waals surface area contributed by atoms with E-state index in [4.69, 9.17) is 28.7 Å². The van der Waals surface area contributed by atoms with E-state index in [9.17, 15) is 0 Å². The van der Waals surface area contributed by atoms with Crippen LogP contribution in [0.25, 0.3) is 67.2 Å². The van der Waals surface area contributed by atoms with Gasteiger partial charge in [-0.3, -0.25) is 0 Å². The second-order valence-corrected chi connectivity index (χ2v) is 12.7. The molecule has 224 valence electrons. The fraction of sp³-hybridized carbons (Fsp3) is 0.154. The average Bonchev–Trinajstić information content (AvgIpc) is 3.57. The lowest BCUT2D eigenvalue weighted by Crippen LogP contribution is -2.41. The maximum absolute atomic E-state index is 6.51. The van der Waals surface area contributed by atoms with Gasteiger partial charge in [-0.2, -0.15) is 0 Å². The summed E-state index contributed by atoms with van der Waals surface area (Å²) in [5, 5.41) is 1.96. The van der Waals surface area contributed by atoms with E-state index in [1.807, 2.05) is 72.8 Å². The number of aromatic nitrogens is 3. The Hall–Kier alpha value is -5.11. The minimum absolute atomic E-state index is 0.488. The molecule has 1 fully saturated rings. The van der Waals surface area contributed by atoms with Crippen LogP contribution in [-0.2, 0) is 9.31 Å². The number of fused-ring (bicyclic) bond motifs is 3. The number of para-hydroxylation sites is 1. The lowest BCUT2D eigenvalue weighted by molar-refractivity contribution is 0.00578. The molecule has 7 aromatic rings. The Labute approximate surface area is 268 Å². The van der Waals surface area contributed by atoms with Crippen molar-refractivity contribution >= 4 is 34.5 Å². The zero-order chi connectivity index (χ0) is 31.5. The van der Waals surface area contributed by atoms with E-state index >= 15 is 0 Å². The summed E-state index contributed by atoms with van der Waals surface area (Å²) in [6.07, 6.45) is 0. The van der Waals surface area contributed by atoms with Gasteiger partial charge in [-0.05, 0) is 56.4 Å². The van der Waals surface area contributed by atoms with Crippen molar-refractivity contribution in [2.24, 2.45) is 0 Å². The van der Waals surface area contributed by atoms with Crippen molar-refractivity contribution in [3.63, 3.8) is 0 Å². The fourth-order valence-electron chi connectivity index (χ4n) is 5.91. The van der Waals surface area contributed by atoms with Crippen molar-refractivity contribution in [1.82, 2.24) is 15.0 Å². The summed E-state index contributed by atoms with van der Waals surface area (Å²) in [6.45, 7) is 8.25. The quantitative estimate of drug-likeness (QED) is 0.184. The van der Waals surface area contributed by atoms with Gasteiger partial charge < -0.3 is 13.7 Å². The van der Waals surface area contributed by atoms with Crippen molar-refractivity contribution in [2.75, 3.05) is 0 Å². The van der Waals surface area contributed by atoms with Crippen molar-refractivity contribution < 1.29 is 13.7 Å². The van der Waals surface area contributed by atoms with Crippen LogP contribution in [-0.4, -0.2) is 33.3 Å². The van der Waals surface area contributed by atoms with Crippen LogP contribution in [0.4, 0.5) is 0 Å². The molecule has 46 heavy (non-hydrogen) atoms. The Morgan fingerprint density at radius 3 is 1.65 bits per heavy atom. The van der Waals surface area contributed by atoms with E-state index in [0.29, 0.717) is 23.1 Å². The van der Waals surface area contributed by atoms with Gasteiger partial charge in [0, 0.05) is 21.9 Å². The SMILES string of the molecule is CC1(C)OB(c2cc(-c3nc(-c4ccccc4)nc(-c4ccc(-c5ccccc5)cc4)n3)c3oc4ccccc4c3c2)OC1(C)C. The third kappa shape index (κ3) is 4.89. The maximum Gasteiger partial charge on any atom is 0.494 e. The topological polar surface area (TPSA) is 70.3 Å². The van der Waals surface area contributed by atoms with Gasteiger partial charge in [0.15, 0.2) is 17.5 Å². The highest BCUT2D eigenvalue weighted by molar-refractivity contribution is 6.62. The second kappa shape index (κ2) is 10.8. The summed E-state index contributed by atoms with van der Waals surface area (Å²) in [5.41, 5.74) is 6.22. The molecule has 1 aliphatic heterocycles. The molecule has 3 heterocycles. The molecule has 0 amide bonds.